The standard InChI is InChI=1S/C12H18O6/c1-5-9(14)17-11(18-10(15)6-2)12(4,16)7-8(3)13/h5-6,8,11,13,16H,1-2,7H2,3-4H3. The van der Waals surface area contributed by atoms with Crippen LogP contribution in [0.4, 0.5) is 0 Å². The van der Waals surface area contributed by atoms with Crippen molar-refractivity contribution in [3.63, 3.8) is 0 Å². The highest BCUT2D eigenvalue weighted by molar-refractivity contribution is 5.83. The van der Waals surface area contributed by atoms with E-state index < -0.39 is 29.9 Å². The highest BCUT2D eigenvalue weighted by Gasteiger charge is 2.38. The molecule has 0 rings (SSSR count). The van der Waals surface area contributed by atoms with Crippen molar-refractivity contribution in [1.82, 2.24) is 0 Å². The number of hydrogen-bond donors (Lipinski definition) is 2. The van der Waals surface area contributed by atoms with Crippen LogP contribution >= 0.6 is 0 Å². The van der Waals surface area contributed by atoms with Crippen molar-refractivity contribution in [2.24, 2.45) is 0 Å². The first kappa shape index (κ1) is 16.3. The first-order chi connectivity index (χ1) is 8.22. The molecule has 102 valence electrons. The van der Waals surface area contributed by atoms with Crippen molar-refractivity contribution in [2.45, 2.75) is 38.3 Å². The van der Waals surface area contributed by atoms with E-state index in [9.17, 15) is 19.8 Å². The molecule has 0 saturated heterocycles. The van der Waals surface area contributed by atoms with E-state index in [1.54, 1.807) is 0 Å². The van der Waals surface area contributed by atoms with Gasteiger partial charge in [-0.05, 0) is 13.8 Å². The van der Waals surface area contributed by atoms with E-state index in [0.29, 0.717) is 0 Å². The smallest absolute Gasteiger partial charge is 0.333 e. The van der Waals surface area contributed by atoms with Crippen molar-refractivity contribution in [3.8, 4) is 0 Å². The van der Waals surface area contributed by atoms with E-state index in [0.717, 1.165) is 12.2 Å². The maximum Gasteiger partial charge on any atom is 0.333 e. The molecule has 2 N–H and O–H groups in total. The molecular formula is C12H18O6. The monoisotopic (exact) mass is 258 g/mol. The Balaban J connectivity index is 4.93. The summed E-state index contributed by atoms with van der Waals surface area (Å²) in [7, 11) is 0. The Bertz CT molecular complexity index is 309. The lowest BCUT2D eigenvalue weighted by Crippen LogP contribution is -2.46. The van der Waals surface area contributed by atoms with E-state index in [1.807, 2.05) is 0 Å². The first-order valence-corrected chi connectivity index (χ1v) is 5.29. The lowest BCUT2D eigenvalue weighted by molar-refractivity contribution is -0.227. The molecule has 0 amide bonds. The van der Waals surface area contributed by atoms with Crippen LogP contribution in [0.15, 0.2) is 25.3 Å². The number of esters is 2. The maximum atomic E-state index is 11.1. The molecule has 2 unspecified atom stereocenters. The van der Waals surface area contributed by atoms with Crippen molar-refractivity contribution < 1.29 is 29.3 Å². The number of rotatable bonds is 7. The topological polar surface area (TPSA) is 93.1 Å². The quantitative estimate of drug-likeness (QED) is 0.387. The summed E-state index contributed by atoms with van der Waals surface area (Å²) in [5.74, 6) is -1.72. The van der Waals surface area contributed by atoms with Gasteiger partial charge in [0.15, 0.2) is 0 Å². The van der Waals surface area contributed by atoms with Gasteiger partial charge in [0, 0.05) is 18.6 Å². The Kier molecular flexibility index (Phi) is 6.29. The molecule has 6 heteroatoms. The Morgan fingerprint density at radius 3 is 1.94 bits per heavy atom. The average molecular weight is 258 g/mol. The minimum absolute atomic E-state index is 0.146. The fraction of sp³-hybridized carbons (Fsp3) is 0.500. The zero-order valence-corrected chi connectivity index (χ0v) is 10.5. The molecule has 0 fully saturated rings. The molecule has 0 radical (unpaired) electrons. The summed E-state index contributed by atoms with van der Waals surface area (Å²) < 4.78 is 9.46. The molecule has 0 aliphatic carbocycles. The molecule has 0 aromatic carbocycles. The van der Waals surface area contributed by atoms with Gasteiger partial charge in [0.05, 0.1) is 6.10 Å². The molecule has 6 nitrogen and oxygen atoms in total. The van der Waals surface area contributed by atoms with Crippen molar-refractivity contribution in [1.29, 1.82) is 0 Å². The summed E-state index contributed by atoms with van der Waals surface area (Å²) in [4.78, 5) is 22.2. The normalized spacial score (nSPS) is 15.4. The summed E-state index contributed by atoms with van der Waals surface area (Å²) in [6, 6.07) is 0. The minimum Gasteiger partial charge on any atom is -0.419 e. The largest absolute Gasteiger partial charge is 0.419 e. The Morgan fingerprint density at radius 2 is 1.67 bits per heavy atom. The van der Waals surface area contributed by atoms with Gasteiger partial charge in [0.2, 0.25) is 0 Å². The molecule has 0 aliphatic rings. The van der Waals surface area contributed by atoms with Crippen molar-refractivity contribution >= 4 is 11.9 Å². The van der Waals surface area contributed by atoms with Crippen LogP contribution in [0.5, 0.6) is 0 Å². The Hall–Kier alpha value is -1.66. The fourth-order valence-electron chi connectivity index (χ4n) is 1.28. The van der Waals surface area contributed by atoms with Crippen molar-refractivity contribution in [3.05, 3.63) is 25.3 Å². The molecule has 0 saturated carbocycles. The van der Waals surface area contributed by atoms with Gasteiger partial charge in [0.1, 0.15) is 5.60 Å². The number of ether oxygens (including phenoxy) is 2. The average Bonchev–Trinajstić information content (AvgIpc) is 2.25. The highest BCUT2D eigenvalue weighted by Crippen LogP contribution is 2.21. The summed E-state index contributed by atoms with van der Waals surface area (Å²) >= 11 is 0. The summed E-state index contributed by atoms with van der Waals surface area (Å²) in [6.07, 6.45) is -0.831. The number of carbonyl (C=O) groups is 2. The molecule has 0 heterocycles. The number of hydrogen-bond acceptors (Lipinski definition) is 6. The molecule has 18 heavy (non-hydrogen) atoms. The van der Waals surface area contributed by atoms with Crippen LogP contribution in [0.3, 0.4) is 0 Å². The Labute approximate surface area is 106 Å². The van der Waals surface area contributed by atoms with Crippen LogP contribution in [0.25, 0.3) is 0 Å². The van der Waals surface area contributed by atoms with Crippen LogP contribution in [0.1, 0.15) is 20.3 Å². The lowest BCUT2D eigenvalue weighted by atomic mass is 9.98. The molecule has 2 atom stereocenters. The molecule has 0 aromatic rings. The molecule has 0 bridgehead atoms. The zero-order chi connectivity index (χ0) is 14.3. The highest BCUT2D eigenvalue weighted by atomic mass is 16.7. The predicted octanol–water partition coefficient (Wildman–Crippen LogP) is 0.293. The zero-order valence-electron chi connectivity index (χ0n) is 10.5. The number of aliphatic hydroxyl groups is 2. The second kappa shape index (κ2) is 6.93. The van der Waals surface area contributed by atoms with Crippen LogP contribution in [0.2, 0.25) is 0 Å². The maximum absolute atomic E-state index is 11.1. The molecule has 0 aromatic heterocycles. The van der Waals surface area contributed by atoms with Gasteiger partial charge in [-0.3, -0.25) is 0 Å². The number of carbonyl (C=O) groups excluding carboxylic acids is 2. The van der Waals surface area contributed by atoms with Gasteiger partial charge in [-0.15, -0.1) is 0 Å². The van der Waals surface area contributed by atoms with E-state index >= 15 is 0 Å². The van der Waals surface area contributed by atoms with E-state index in [-0.39, 0.29) is 6.42 Å². The van der Waals surface area contributed by atoms with E-state index in [2.05, 4.69) is 13.2 Å². The van der Waals surface area contributed by atoms with Crippen LogP contribution in [-0.4, -0.2) is 40.1 Å². The third kappa shape index (κ3) is 5.60. The first-order valence-electron chi connectivity index (χ1n) is 5.29. The summed E-state index contributed by atoms with van der Waals surface area (Å²) in [6.45, 7) is 9.10. The van der Waals surface area contributed by atoms with E-state index in [1.165, 1.54) is 13.8 Å². The van der Waals surface area contributed by atoms with Gasteiger partial charge >= 0.3 is 11.9 Å². The second-order valence-corrected chi connectivity index (χ2v) is 4.02. The van der Waals surface area contributed by atoms with Gasteiger partial charge in [-0.25, -0.2) is 9.59 Å². The molecule has 0 aliphatic heterocycles. The summed E-state index contributed by atoms with van der Waals surface area (Å²) in [5.41, 5.74) is -1.73. The third-order valence-electron chi connectivity index (χ3n) is 2.00. The number of aliphatic hydroxyl groups excluding tert-OH is 1. The van der Waals surface area contributed by atoms with Crippen LogP contribution in [0, 0.1) is 0 Å². The van der Waals surface area contributed by atoms with Gasteiger partial charge < -0.3 is 19.7 Å². The Morgan fingerprint density at radius 1 is 1.28 bits per heavy atom. The van der Waals surface area contributed by atoms with E-state index in [4.69, 9.17) is 9.47 Å². The second-order valence-electron chi connectivity index (χ2n) is 4.02. The van der Waals surface area contributed by atoms with Gasteiger partial charge in [0.25, 0.3) is 6.29 Å². The third-order valence-corrected chi connectivity index (χ3v) is 2.00. The van der Waals surface area contributed by atoms with Gasteiger partial charge in [-0.1, -0.05) is 13.2 Å². The predicted molar refractivity (Wildman–Crippen MR) is 63.3 cm³/mol. The SMILES string of the molecule is C=CC(=O)OC(OC(=O)C=C)C(C)(O)CC(C)O. The van der Waals surface area contributed by atoms with Gasteiger partial charge in [-0.2, -0.15) is 0 Å². The van der Waals surface area contributed by atoms with Crippen LogP contribution < -0.4 is 0 Å². The fourth-order valence-corrected chi connectivity index (χ4v) is 1.28. The molecule has 0 spiro atoms. The van der Waals surface area contributed by atoms with Crippen molar-refractivity contribution in [2.75, 3.05) is 0 Å². The minimum atomic E-state index is -1.73. The lowest BCUT2D eigenvalue weighted by Gasteiger charge is -2.31. The molecular weight excluding hydrogens is 240 g/mol. The van der Waals surface area contributed by atoms with Crippen LogP contribution in [-0.2, 0) is 19.1 Å². The summed E-state index contributed by atoms with van der Waals surface area (Å²) in [5, 5.41) is 19.3.